The number of nitrogens with zero attached hydrogens (tertiary/aromatic N) is 5. The number of hydrogen-bond acceptors (Lipinski definition) is 4. The van der Waals surface area contributed by atoms with Crippen LogP contribution >= 0.6 is 0 Å². The molecule has 0 aliphatic heterocycles. The van der Waals surface area contributed by atoms with Crippen molar-refractivity contribution in [3.63, 3.8) is 0 Å². The fourth-order valence-corrected chi connectivity index (χ4v) is 1.77. The highest BCUT2D eigenvalue weighted by molar-refractivity contribution is 5.63. The minimum atomic E-state index is -0.468. The molecule has 2 heterocycles. The Kier molecular flexibility index (Phi) is 2.44. The zero-order chi connectivity index (χ0) is 14.1. The normalized spacial score (nSPS) is 11.5. The van der Waals surface area contributed by atoms with Crippen molar-refractivity contribution in [3.8, 4) is 16.8 Å². The number of aromatic amines is 1. The Labute approximate surface area is 109 Å². The van der Waals surface area contributed by atoms with Gasteiger partial charge >= 0.3 is 5.69 Å². The molecule has 0 saturated carbocycles. The lowest BCUT2D eigenvalue weighted by Crippen LogP contribution is -2.15. The van der Waals surface area contributed by atoms with Crippen LogP contribution in [-0.4, -0.2) is 30.0 Å². The molecule has 0 atom stereocenters. The first-order valence-corrected chi connectivity index (χ1v) is 5.83. The molecule has 19 heavy (non-hydrogen) atoms. The quantitative estimate of drug-likeness (QED) is 0.753. The maximum atomic E-state index is 11.5. The van der Waals surface area contributed by atoms with Crippen molar-refractivity contribution < 1.29 is 1.37 Å². The summed E-state index contributed by atoms with van der Waals surface area (Å²) in [5, 5.41) is 13.4. The van der Waals surface area contributed by atoms with E-state index >= 15 is 0 Å². The predicted octanol–water partition coefficient (Wildman–Crippen LogP) is 0.839. The average molecular weight is 257 g/mol. The molecule has 96 valence electrons. The summed E-state index contributed by atoms with van der Waals surface area (Å²) < 4.78 is 10.9. The lowest BCUT2D eigenvalue weighted by atomic mass is 10.1. The van der Waals surface area contributed by atoms with Crippen LogP contribution in [0.1, 0.15) is 8.29 Å². The smallest absolute Gasteiger partial charge is 0.272 e. The van der Waals surface area contributed by atoms with E-state index in [2.05, 4.69) is 20.6 Å². The predicted molar refractivity (Wildman–Crippen MR) is 68.9 cm³/mol. The van der Waals surface area contributed by atoms with Crippen LogP contribution < -0.4 is 5.69 Å². The number of aryl methyl sites for hydroxylation is 1. The van der Waals surface area contributed by atoms with Gasteiger partial charge in [-0.3, -0.25) is 4.68 Å². The summed E-state index contributed by atoms with van der Waals surface area (Å²) in [5.74, 6) is 0. The van der Waals surface area contributed by atoms with E-state index in [-0.39, 0.29) is 6.04 Å². The first-order chi connectivity index (χ1) is 9.69. The average Bonchev–Trinajstić information content (AvgIpc) is 3.07. The molecule has 0 radical (unpaired) electrons. The molecule has 3 rings (SSSR count). The molecule has 2 aromatic heterocycles. The molecule has 7 heteroatoms. The van der Waals surface area contributed by atoms with Crippen LogP contribution in [0.4, 0.5) is 0 Å². The molecule has 0 unspecified atom stereocenters. The molecule has 0 aliphatic rings. The van der Waals surface area contributed by atoms with Gasteiger partial charge < -0.3 is 0 Å². The fraction of sp³-hybridized carbons (Fsp3) is 0.167. The Bertz CT molecular complexity index is 802. The highest BCUT2D eigenvalue weighted by Crippen LogP contribution is 2.19. The molecule has 0 amide bonds. The molecule has 3 aromatic rings. The molecule has 0 bridgehead atoms. The molecule has 0 saturated heterocycles. The second-order valence-corrected chi connectivity index (χ2v) is 3.97. The van der Waals surface area contributed by atoms with Gasteiger partial charge in [-0.1, -0.05) is 12.1 Å². The third-order valence-electron chi connectivity index (χ3n) is 2.79. The SMILES string of the molecule is [2H]c1cc(-c2cnn(CC)c2)ccc1-n1nn[nH]c1=O. The molecular formula is C12H12N6O. The number of H-pyrrole nitrogens is 1. The van der Waals surface area contributed by atoms with Crippen molar-refractivity contribution in [2.75, 3.05) is 0 Å². The van der Waals surface area contributed by atoms with Gasteiger partial charge in [0.25, 0.3) is 0 Å². The molecule has 1 aromatic carbocycles. The van der Waals surface area contributed by atoms with Gasteiger partial charge in [-0.2, -0.15) is 9.78 Å². The Balaban J connectivity index is 2.03. The highest BCUT2D eigenvalue weighted by atomic mass is 16.2. The Morgan fingerprint density at radius 2 is 2.26 bits per heavy atom. The molecule has 7 nitrogen and oxygen atoms in total. The van der Waals surface area contributed by atoms with Crippen molar-refractivity contribution in [2.24, 2.45) is 0 Å². The maximum Gasteiger partial charge on any atom is 0.365 e. The van der Waals surface area contributed by atoms with Crippen LogP contribution in [0.5, 0.6) is 0 Å². The number of hydrogen-bond donors (Lipinski definition) is 1. The van der Waals surface area contributed by atoms with Gasteiger partial charge in [0.1, 0.15) is 0 Å². The molecule has 0 aliphatic carbocycles. The van der Waals surface area contributed by atoms with Crippen LogP contribution in [-0.2, 0) is 6.54 Å². The number of rotatable bonds is 3. The van der Waals surface area contributed by atoms with Crippen LogP contribution in [0.15, 0.2) is 41.4 Å². The van der Waals surface area contributed by atoms with Gasteiger partial charge in [-0.05, 0) is 35.0 Å². The minimum absolute atomic E-state index is 0.197. The topological polar surface area (TPSA) is 81.4 Å². The minimum Gasteiger partial charge on any atom is -0.272 e. The lowest BCUT2D eigenvalue weighted by Gasteiger charge is -2.00. The number of nitrogens with one attached hydrogen (secondary N) is 1. The van der Waals surface area contributed by atoms with Crippen LogP contribution in [0.25, 0.3) is 16.8 Å². The number of tetrazole rings is 1. The van der Waals surface area contributed by atoms with Gasteiger partial charge in [-0.25, -0.2) is 9.89 Å². The third-order valence-corrected chi connectivity index (χ3v) is 2.79. The molecule has 0 fully saturated rings. The summed E-state index contributed by atoms with van der Waals surface area (Å²) >= 11 is 0. The number of benzene rings is 1. The van der Waals surface area contributed by atoms with E-state index in [1.165, 1.54) is 0 Å². The summed E-state index contributed by atoms with van der Waals surface area (Å²) in [6.45, 7) is 2.80. The zero-order valence-electron chi connectivity index (χ0n) is 11.2. The summed E-state index contributed by atoms with van der Waals surface area (Å²) in [5.41, 5.74) is 1.72. The van der Waals surface area contributed by atoms with Gasteiger partial charge in [0.05, 0.1) is 13.3 Å². The van der Waals surface area contributed by atoms with E-state index < -0.39 is 5.69 Å². The lowest BCUT2D eigenvalue weighted by molar-refractivity contribution is 0.660. The molecule has 0 spiro atoms. The van der Waals surface area contributed by atoms with E-state index in [0.717, 1.165) is 22.4 Å². The second kappa shape index (κ2) is 4.52. The van der Waals surface area contributed by atoms with E-state index in [4.69, 9.17) is 1.37 Å². The van der Waals surface area contributed by atoms with Crippen LogP contribution in [0.3, 0.4) is 0 Å². The summed E-state index contributed by atoms with van der Waals surface area (Å²) in [6, 6.07) is 5.37. The van der Waals surface area contributed by atoms with Crippen LogP contribution in [0, 0.1) is 0 Å². The summed E-state index contributed by atoms with van der Waals surface area (Å²) in [6.07, 6.45) is 3.66. The second-order valence-electron chi connectivity index (χ2n) is 3.97. The molecular weight excluding hydrogens is 244 g/mol. The first-order valence-electron chi connectivity index (χ1n) is 6.33. The largest absolute Gasteiger partial charge is 0.365 e. The first kappa shape index (κ1) is 10.2. The Morgan fingerprint density at radius 3 is 2.89 bits per heavy atom. The Morgan fingerprint density at radius 1 is 1.37 bits per heavy atom. The van der Waals surface area contributed by atoms with Gasteiger partial charge in [0.2, 0.25) is 0 Å². The number of aromatic nitrogens is 6. The zero-order valence-corrected chi connectivity index (χ0v) is 10.2. The van der Waals surface area contributed by atoms with Crippen molar-refractivity contribution in [3.05, 3.63) is 47.1 Å². The van der Waals surface area contributed by atoms with Crippen molar-refractivity contribution in [1.82, 2.24) is 30.0 Å². The van der Waals surface area contributed by atoms with E-state index in [9.17, 15) is 4.79 Å². The summed E-state index contributed by atoms with van der Waals surface area (Å²) in [7, 11) is 0. The van der Waals surface area contributed by atoms with E-state index in [1.807, 2.05) is 23.9 Å². The van der Waals surface area contributed by atoms with E-state index in [1.54, 1.807) is 18.3 Å². The van der Waals surface area contributed by atoms with Gasteiger partial charge in [-0.15, -0.1) is 0 Å². The van der Waals surface area contributed by atoms with E-state index in [0.29, 0.717) is 5.69 Å². The Hall–Kier alpha value is -2.70. The van der Waals surface area contributed by atoms with Crippen molar-refractivity contribution in [1.29, 1.82) is 0 Å². The fourth-order valence-electron chi connectivity index (χ4n) is 1.77. The standard InChI is InChI=1S/C12H12N6O/c1-2-17-8-10(7-13-17)9-3-5-11(6-4-9)18-12(19)14-15-16-18/h3-8H,2H2,1H3,(H,14,16,19)/i5D. The van der Waals surface area contributed by atoms with Crippen LogP contribution in [0.2, 0.25) is 0 Å². The van der Waals surface area contributed by atoms with Gasteiger partial charge in [0, 0.05) is 18.3 Å². The monoisotopic (exact) mass is 257 g/mol. The van der Waals surface area contributed by atoms with Crippen molar-refractivity contribution >= 4 is 0 Å². The van der Waals surface area contributed by atoms with Crippen molar-refractivity contribution in [2.45, 2.75) is 13.5 Å². The highest BCUT2D eigenvalue weighted by Gasteiger charge is 2.04. The van der Waals surface area contributed by atoms with Gasteiger partial charge in [0.15, 0.2) is 0 Å². The molecule has 1 N–H and O–H groups in total. The summed E-state index contributed by atoms with van der Waals surface area (Å²) in [4.78, 5) is 11.5. The maximum absolute atomic E-state index is 11.5. The third kappa shape index (κ3) is 2.05.